The van der Waals surface area contributed by atoms with Gasteiger partial charge in [0.1, 0.15) is 11.6 Å². The maximum atomic E-state index is 13.2. The van der Waals surface area contributed by atoms with Crippen LogP contribution in [0.2, 0.25) is 0 Å². The number of hydrogen-bond acceptors (Lipinski definition) is 2. The minimum Gasteiger partial charge on any atom is -0.300 e. The zero-order valence-corrected chi connectivity index (χ0v) is 19.6. The molecule has 0 aliphatic heterocycles. The molecule has 4 saturated carbocycles. The molecule has 0 bridgehead atoms. The highest BCUT2D eigenvalue weighted by atomic mass is 16.1. The van der Waals surface area contributed by atoms with Crippen molar-refractivity contribution in [3.8, 4) is 0 Å². The summed E-state index contributed by atoms with van der Waals surface area (Å²) in [5.41, 5.74) is 0.530. The van der Waals surface area contributed by atoms with Gasteiger partial charge in [0.05, 0.1) is 0 Å². The molecule has 164 valence electrons. The summed E-state index contributed by atoms with van der Waals surface area (Å²) < 4.78 is 0. The van der Waals surface area contributed by atoms with Crippen LogP contribution in [0.3, 0.4) is 0 Å². The predicted molar refractivity (Wildman–Crippen MR) is 118 cm³/mol. The van der Waals surface area contributed by atoms with E-state index >= 15 is 0 Å². The highest BCUT2D eigenvalue weighted by Crippen LogP contribution is 2.67. The number of ketones is 2. The molecule has 4 fully saturated rings. The van der Waals surface area contributed by atoms with Gasteiger partial charge in [0.15, 0.2) is 0 Å². The van der Waals surface area contributed by atoms with Gasteiger partial charge < -0.3 is 0 Å². The third-order valence-electron chi connectivity index (χ3n) is 10.5. The molecule has 0 aromatic heterocycles. The van der Waals surface area contributed by atoms with Crippen molar-refractivity contribution in [3.05, 3.63) is 0 Å². The highest BCUT2D eigenvalue weighted by Gasteiger charge is 2.62. The van der Waals surface area contributed by atoms with Crippen molar-refractivity contribution in [3.63, 3.8) is 0 Å². The van der Waals surface area contributed by atoms with Crippen LogP contribution >= 0.6 is 0 Å². The minimum atomic E-state index is 0.0292. The molecule has 4 aliphatic rings. The molecule has 0 saturated heterocycles. The van der Waals surface area contributed by atoms with Crippen molar-refractivity contribution in [1.82, 2.24) is 0 Å². The fourth-order valence-corrected chi connectivity index (χ4v) is 8.86. The smallest absolute Gasteiger partial charge is 0.137 e. The molecule has 0 radical (unpaired) electrons. The van der Waals surface area contributed by atoms with Gasteiger partial charge >= 0.3 is 0 Å². The summed E-state index contributed by atoms with van der Waals surface area (Å²) in [7, 11) is 0. The Morgan fingerprint density at radius 2 is 1.62 bits per heavy atom. The molecular weight excluding hydrogens is 356 g/mol. The Morgan fingerprint density at radius 3 is 2.34 bits per heavy atom. The third-order valence-corrected chi connectivity index (χ3v) is 10.5. The van der Waals surface area contributed by atoms with Crippen LogP contribution in [0.1, 0.15) is 105 Å². The molecule has 0 spiro atoms. The van der Waals surface area contributed by atoms with E-state index in [1.807, 2.05) is 0 Å². The first-order valence-electron chi connectivity index (χ1n) is 12.7. The molecule has 0 aromatic carbocycles. The normalized spacial score (nSPS) is 45.7. The second-order valence-corrected chi connectivity index (χ2v) is 12.4. The summed E-state index contributed by atoms with van der Waals surface area (Å²) in [5.74, 6) is 5.25. The van der Waals surface area contributed by atoms with Gasteiger partial charge in [0.25, 0.3) is 0 Å². The van der Waals surface area contributed by atoms with Gasteiger partial charge in [-0.25, -0.2) is 0 Å². The van der Waals surface area contributed by atoms with Crippen molar-refractivity contribution in [2.45, 2.75) is 105 Å². The van der Waals surface area contributed by atoms with Crippen molar-refractivity contribution in [2.24, 2.45) is 52.3 Å². The van der Waals surface area contributed by atoms with E-state index in [1.54, 1.807) is 0 Å². The summed E-state index contributed by atoms with van der Waals surface area (Å²) in [4.78, 5) is 25.3. The number of carbonyl (C=O) groups excluding carboxylic acids is 2. The van der Waals surface area contributed by atoms with E-state index in [-0.39, 0.29) is 11.3 Å². The Labute approximate surface area is 179 Å². The molecule has 0 N–H and O–H groups in total. The fourth-order valence-electron chi connectivity index (χ4n) is 8.86. The van der Waals surface area contributed by atoms with Crippen LogP contribution in [0.25, 0.3) is 0 Å². The molecule has 7 unspecified atom stereocenters. The Kier molecular flexibility index (Phi) is 5.79. The lowest BCUT2D eigenvalue weighted by molar-refractivity contribution is -0.159. The van der Waals surface area contributed by atoms with E-state index in [9.17, 15) is 9.59 Å². The molecule has 0 heterocycles. The molecule has 0 amide bonds. The minimum absolute atomic E-state index is 0.0292. The quantitative estimate of drug-likeness (QED) is 0.505. The standard InChI is InChI=1S/C27H44O2/c1-17(2)7-6-8-18(3)21-9-10-22-20-16-25(29)24-15-19(28)11-13-27(24,5)23(20)12-14-26(21,22)4/h17-18,20-24H,6-16H2,1-5H3/t18-,20?,21?,22?,23?,24?,26?,27?/m1/s1. The molecule has 2 nitrogen and oxygen atoms in total. The summed E-state index contributed by atoms with van der Waals surface area (Å²) in [6, 6.07) is 0. The summed E-state index contributed by atoms with van der Waals surface area (Å²) in [5, 5.41) is 0. The van der Waals surface area contributed by atoms with Crippen molar-refractivity contribution < 1.29 is 9.59 Å². The zero-order valence-electron chi connectivity index (χ0n) is 19.6. The van der Waals surface area contributed by atoms with Crippen molar-refractivity contribution in [1.29, 1.82) is 0 Å². The highest BCUT2D eigenvalue weighted by molar-refractivity contribution is 5.90. The van der Waals surface area contributed by atoms with E-state index in [2.05, 4.69) is 34.6 Å². The van der Waals surface area contributed by atoms with E-state index in [1.165, 1.54) is 44.9 Å². The van der Waals surface area contributed by atoms with Crippen LogP contribution in [-0.2, 0) is 9.59 Å². The van der Waals surface area contributed by atoms with Gasteiger partial charge in [-0.15, -0.1) is 0 Å². The maximum absolute atomic E-state index is 13.2. The third kappa shape index (κ3) is 3.55. The van der Waals surface area contributed by atoms with Crippen molar-refractivity contribution >= 4 is 11.6 Å². The first-order valence-corrected chi connectivity index (χ1v) is 12.7. The van der Waals surface area contributed by atoms with Gasteiger partial charge in [0, 0.05) is 25.2 Å². The number of rotatable bonds is 5. The van der Waals surface area contributed by atoms with Gasteiger partial charge in [-0.05, 0) is 78.4 Å². The van der Waals surface area contributed by atoms with Gasteiger partial charge in [0.2, 0.25) is 0 Å². The van der Waals surface area contributed by atoms with Crippen LogP contribution in [-0.4, -0.2) is 11.6 Å². The first-order chi connectivity index (χ1) is 13.7. The van der Waals surface area contributed by atoms with E-state index in [4.69, 9.17) is 0 Å². The Hall–Kier alpha value is -0.660. The molecule has 4 aliphatic carbocycles. The van der Waals surface area contributed by atoms with Crippen molar-refractivity contribution in [2.75, 3.05) is 0 Å². The Balaban J connectivity index is 1.51. The van der Waals surface area contributed by atoms with Crippen LogP contribution in [0.5, 0.6) is 0 Å². The van der Waals surface area contributed by atoms with E-state index in [0.717, 1.165) is 36.5 Å². The van der Waals surface area contributed by atoms with Crippen LogP contribution < -0.4 is 0 Å². The van der Waals surface area contributed by atoms with Gasteiger partial charge in [-0.1, -0.05) is 53.9 Å². The molecule has 8 atom stereocenters. The molecule has 29 heavy (non-hydrogen) atoms. The van der Waals surface area contributed by atoms with Crippen LogP contribution in [0.15, 0.2) is 0 Å². The monoisotopic (exact) mass is 400 g/mol. The number of fused-ring (bicyclic) bond motifs is 5. The van der Waals surface area contributed by atoms with Gasteiger partial charge in [-0.2, -0.15) is 0 Å². The second kappa shape index (κ2) is 7.79. The molecule has 0 aromatic rings. The maximum Gasteiger partial charge on any atom is 0.137 e. The largest absolute Gasteiger partial charge is 0.300 e. The lowest BCUT2D eigenvalue weighted by Crippen LogP contribution is -2.56. The Bertz CT molecular complexity index is 651. The van der Waals surface area contributed by atoms with E-state index in [0.29, 0.717) is 41.7 Å². The SMILES string of the molecule is CC(C)CCC[C@@H](C)C1CCC2C3CC(=O)C4CC(=O)CCC4(C)C3CCC21C. The lowest BCUT2D eigenvalue weighted by Gasteiger charge is -2.59. The van der Waals surface area contributed by atoms with E-state index < -0.39 is 0 Å². The lowest BCUT2D eigenvalue weighted by atomic mass is 9.44. The number of Topliss-reactive ketones (excluding diaryl/α,β-unsaturated/α-hetero) is 2. The second-order valence-electron chi connectivity index (χ2n) is 12.4. The number of carbonyl (C=O) groups is 2. The fraction of sp³-hybridized carbons (Fsp3) is 0.926. The van der Waals surface area contributed by atoms with Crippen LogP contribution in [0, 0.1) is 52.3 Å². The predicted octanol–water partition coefficient (Wildman–Crippen LogP) is 6.86. The summed E-state index contributed by atoms with van der Waals surface area (Å²) in [6.45, 7) is 12.2. The zero-order chi connectivity index (χ0) is 21.0. The number of hydrogen-bond donors (Lipinski definition) is 0. The first kappa shape index (κ1) is 21.6. The summed E-state index contributed by atoms with van der Waals surface area (Å²) >= 11 is 0. The Morgan fingerprint density at radius 1 is 0.897 bits per heavy atom. The molecule has 2 heteroatoms. The average Bonchev–Trinajstić information content (AvgIpc) is 3.00. The van der Waals surface area contributed by atoms with Gasteiger partial charge in [-0.3, -0.25) is 9.59 Å². The molecule has 4 rings (SSSR count). The topological polar surface area (TPSA) is 34.1 Å². The molecular formula is C27H44O2. The van der Waals surface area contributed by atoms with Crippen LogP contribution in [0.4, 0.5) is 0 Å². The summed E-state index contributed by atoms with van der Waals surface area (Å²) in [6.07, 6.45) is 12.4. The average molecular weight is 401 g/mol.